The summed E-state index contributed by atoms with van der Waals surface area (Å²) in [6, 6.07) is 7.30. The monoisotopic (exact) mass is 195 g/mol. The summed E-state index contributed by atoms with van der Waals surface area (Å²) in [4.78, 5) is 0.649. The number of halogens is 1. The summed E-state index contributed by atoms with van der Waals surface area (Å²) >= 11 is 1.39. The van der Waals surface area contributed by atoms with Crippen LogP contribution in [0.15, 0.2) is 23.1 Å². The van der Waals surface area contributed by atoms with E-state index < -0.39 is 0 Å². The highest BCUT2D eigenvalue weighted by atomic mass is 32.2. The molecule has 0 saturated heterocycles. The van der Waals surface area contributed by atoms with Crippen molar-refractivity contribution in [3.05, 3.63) is 29.6 Å². The van der Waals surface area contributed by atoms with Crippen LogP contribution >= 0.6 is 11.8 Å². The van der Waals surface area contributed by atoms with Gasteiger partial charge in [0.05, 0.1) is 6.07 Å². The van der Waals surface area contributed by atoms with Crippen LogP contribution in [0.3, 0.4) is 0 Å². The standard InChI is InChI=1S/C10H10FNS/c1-13-9-6-2-4-8(10(9)11)5-3-7-12/h2,4,6H,3,5H2,1H3. The van der Waals surface area contributed by atoms with E-state index in [1.165, 1.54) is 11.8 Å². The molecule has 68 valence electrons. The molecule has 0 unspecified atom stereocenters. The number of hydrogen-bond donors (Lipinski definition) is 0. The highest BCUT2D eigenvalue weighted by Gasteiger charge is 2.05. The second-order valence-electron chi connectivity index (χ2n) is 2.59. The fraction of sp³-hybridized carbons (Fsp3) is 0.300. The molecular weight excluding hydrogens is 185 g/mol. The molecule has 0 spiro atoms. The van der Waals surface area contributed by atoms with Crippen molar-refractivity contribution in [1.29, 1.82) is 5.26 Å². The Balaban J connectivity index is 2.89. The van der Waals surface area contributed by atoms with E-state index in [4.69, 9.17) is 5.26 Å². The lowest BCUT2D eigenvalue weighted by Crippen LogP contribution is -1.91. The van der Waals surface area contributed by atoms with E-state index in [9.17, 15) is 4.39 Å². The number of aryl methyl sites for hydroxylation is 1. The molecule has 1 nitrogen and oxygen atoms in total. The molecule has 0 atom stereocenters. The Morgan fingerprint density at radius 1 is 1.54 bits per heavy atom. The molecule has 0 radical (unpaired) electrons. The van der Waals surface area contributed by atoms with Crippen molar-refractivity contribution in [3.63, 3.8) is 0 Å². The molecule has 0 bridgehead atoms. The van der Waals surface area contributed by atoms with Crippen LogP contribution in [0.2, 0.25) is 0 Å². The lowest BCUT2D eigenvalue weighted by atomic mass is 10.1. The summed E-state index contributed by atoms with van der Waals surface area (Å²) in [6.45, 7) is 0. The number of hydrogen-bond acceptors (Lipinski definition) is 2. The SMILES string of the molecule is CSc1cccc(CCC#N)c1F. The van der Waals surface area contributed by atoms with Crippen LogP contribution < -0.4 is 0 Å². The molecule has 1 aromatic carbocycles. The predicted octanol–water partition coefficient (Wildman–Crippen LogP) is 3.00. The first-order chi connectivity index (χ1) is 6.29. The lowest BCUT2D eigenvalue weighted by Gasteiger charge is -2.03. The van der Waals surface area contributed by atoms with Gasteiger partial charge in [0, 0.05) is 11.3 Å². The van der Waals surface area contributed by atoms with Gasteiger partial charge in [-0.25, -0.2) is 4.39 Å². The van der Waals surface area contributed by atoms with Crippen LogP contribution in [-0.2, 0) is 6.42 Å². The molecule has 1 rings (SSSR count). The molecule has 0 saturated carbocycles. The Morgan fingerprint density at radius 2 is 2.31 bits per heavy atom. The summed E-state index contributed by atoms with van der Waals surface area (Å²) in [6.07, 6.45) is 2.71. The summed E-state index contributed by atoms with van der Waals surface area (Å²) in [5.74, 6) is -0.176. The van der Waals surface area contributed by atoms with Crippen LogP contribution in [0.4, 0.5) is 4.39 Å². The van der Waals surface area contributed by atoms with Gasteiger partial charge in [-0.15, -0.1) is 11.8 Å². The van der Waals surface area contributed by atoms with Crippen LogP contribution in [-0.4, -0.2) is 6.26 Å². The topological polar surface area (TPSA) is 23.8 Å². The Labute approximate surface area is 81.6 Å². The molecule has 0 aliphatic carbocycles. The van der Waals surface area contributed by atoms with Crippen molar-refractivity contribution in [2.45, 2.75) is 17.7 Å². The van der Waals surface area contributed by atoms with Gasteiger partial charge in [-0.3, -0.25) is 0 Å². The molecule has 13 heavy (non-hydrogen) atoms. The Bertz CT molecular complexity index is 330. The third kappa shape index (κ3) is 2.46. The largest absolute Gasteiger partial charge is 0.205 e. The second-order valence-corrected chi connectivity index (χ2v) is 3.44. The van der Waals surface area contributed by atoms with E-state index in [1.807, 2.05) is 18.4 Å². The first kappa shape index (κ1) is 10.1. The average molecular weight is 195 g/mol. The normalized spacial score (nSPS) is 9.62. The summed E-state index contributed by atoms with van der Waals surface area (Å²) < 4.78 is 13.5. The van der Waals surface area contributed by atoms with Crippen LogP contribution in [0, 0.1) is 17.1 Å². The van der Waals surface area contributed by atoms with E-state index in [0.29, 0.717) is 23.3 Å². The molecule has 0 aliphatic rings. The van der Waals surface area contributed by atoms with Gasteiger partial charge >= 0.3 is 0 Å². The second kappa shape index (κ2) is 4.88. The highest BCUT2D eigenvalue weighted by molar-refractivity contribution is 7.98. The van der Waals surface area contributed by atoms with E-state index in [1.54, 1.807) is 12.1 Å². The van der Waals surface area contributed by atoms with Gasteiger partial charge in [0.25, 0.3) is 0 Å². The van der Waals surface area contributed by atoms with Crippen molar-refractivity contribution in [2.24, 2.45) is 0 Å². The first-order valence-corrected chi connectivity index (χ1v) is 5.20. The van der Waals surface area contributed by atoms with Gasteiger partial charge in [-0.2, -0.15) is 5.26 Å². The molecule has 0 aromatic heterocycles. The Hall–Kier alpha value is -1.01. The zero-order chi connectivity index (χ0) is 9.68. The molecule has 0 N–H and O–H groups in total. The highest BCUT2D eigenvalue weighted by Crippen LogP contribution is 2.22. The van der Waals surface area contributed by atoms with Crippen molar-refractivity contribution >= 4 is 11.8 Å². The smallest absolute Gasteiger partial charge is 0.139 e. The molecule has 0 amide bonds. The summed E-state index contributed by atoms with van der Waals surface area (Å²) in [7, 11) is 0. The minimum Gasteiger partial charge on any atom is -0.205 e. The number of benzene rings is 1. The van der Waals surface area contributed by atoms with Crippen LogP contribution in [0.5, 0.6) is 0 Å². The maximum Gasteiger partial charge on any atom is 0.139 e. The number of rotatable bonds is 3. The van der Waals surface area contributed by atoms with Gasteiger partial charge in [0.15, 0.2) is 0 Å². The average Bonchev–Trinajstić information content (AvgIpc) is 2.16. The molecule has 3 heteroatoms. The predicted molar refractivity (Wildman–Crippen MR) is 52.1 cm³/mol. The van der Waals surface area contributed by atoms with E-state index in [0.717, 1.165) is 0 Å². The molecule has 1 aromatic rings. The van der Waals surface area contributed by atoms with E-state index in [2.05, 4.69) is 0 Å². The zero-order valence-electron chi connectivity index (χ0n) is 7.38. The van der Waals surface area contributed by atoms with Gasteiger partial charge in [0.1, 0.15) is 5.82 Å². The first-order valence-electron chi connectivity index (χ1n) is 3.98. The Morgan fingerprint density at radius 3 is 2.92 bits per heavy atom. The van der Waals surface area contributed by atoms with Gasteiger partial charge in [-0.05, 0) is 24.3 Å². The molecule has 0 aliphatic heterocycles. The molecule has 0 heterocycles. The summed E-state index contributed by atoms with van der Waals surface area (Å²) in [5, 5.41) is 8.37. The molecular formula is C10H10FNS. The zero-order valence-corrected chi connectivity index (χ0v) is 8.20. The van der Waals surface area contributed by atoms with Crippen LogP contribution in [0.1, 0.15) is 12.0 Å². The quantitative estimate of drug-likeness (QED) is 0.692. The van der Waals surface area contributed by atoms with Crippen molar-refractivity contribution < 1.29 is 4.39 Å². The van der Waals surface area contributed by atoms with Gasteiger partial charge in [-0.1, -0.05) is 12.1 Å². The fourth-order valence-electron chi connectivity index (χ4n) is 1.10. The number of nitriles is 1. The fourth-order valence-corrected chi connectivity index (χ4v) is 1.62. The third-order valence-electron chi connectivity index (χ3n) is 1.77. The van der Waals surface area contributed by atoms with E-state index in [-0.39, 0.29) is 5.82 Å². The number of thioether (sulfide) groups is 1. The maximum absolute atomic E-state index is 13.5. The molecule has 0 fully saturated rings. The third-order valence-corrected chi connectivity index (χ3v) is 2.52. The van der Waals surface area contributed by atoms with Crippen LogP contribution in [0.25, 0.3) is 0 Å². The minimum absolute atomic E-state index is 0.176. The Kier molecular flexibility index (Phi) is 3.78. The number of nitrogens with zero attached hydrogens (tertiary/aromatic N) is 1. The van der Waals surface area contributed by atoms with Crippen molar-refractivity contribution in [3.8, 4) is 6.07 Å². The van der Waals surface area contributed by atoms with Crippen molar-refractivity contribution in [1.82, 2.24) is 0 Å². The van der Waals surface area contributed by atoms with E-state index >= 15 is 0 Å². The van der Waals surface area contributed by atoms with Gasteiger partial charge in [0.2, 0.25) is 0 Å². The lowest BCUT2D eigenvalue weighted by molar-refractivity contribution is 0.584. The minimum atomic E-state index is -0.176. The van der Waals surface area contributed by atoms with Crippen molar-refractivity contribution in [2.75, 3.05) is 6.26 Å². The maximum atomic E-state index is 13.5. The van der Waals surface area contributed by atoms with Gasteiger partial charge < -0.3 is 0 Å². The summed E-state index contributed by atoms with van der Waals surface area (Å²) in [5.41, 5.74) is 0.633.